The van der Waals surface area contributed by atoms with Crippen LogP contribution in [0.25, 0.3) is 0 Å². The van der Waals surface area contributed by atoms with Crippen LogP contribution in [0.4, 0.5) is 16.3 Å². The van der Waals surface area contributed by atoms with Crippen LogP contribution < -0.4 is 10.2 Å². The van der Waals surface area contributed by atoms with Gasteiger partial charge >= 0.3 is 11.9 Å². The van der Waals surface area contributed by atoms with Crippen molar-refractivity contribution in [2.75, 3.05) is 18.0 Å². The van der Waals surface area contributed by atoms with Gasteiger partial charge in [0.15, 0.2) is 0 Å². The van der Waals surface area contributed by atoms with Gasteiger partial charge in [-0.3, -0.25) is 0 Å². The molecule has 102 valence electrons. The molecule has 2 heterocycles. The number of rotatable bonds is 3. The quantitative estimate of drug-likeness (QED) is 0.629. The van der Waals surface area contributed by atoms with E-state index in [0.717, 1.165) is 0 Å². The molecule has 0 unspecified atom stereocenters. The van der Waals surface area contributed by atoms with E-state index in [1.807, 2.05) is 4.90 Å². The van der Waals surface area contributed by atoms with Gasteiger partial charge in [0.05, 0.1) is 0 Å². The summed E-state index contributed by atoms with van der Waals surface area (Å²) >= 11 is 0. The minimum absolute atomic E-state index is 0.0931. The number of nitrogens with zero attached hydrogens (tertiary/aromatic N) is 3. The number of hydrogen-bond donors (Lipinski definition) is 2. The maximum atomic E-state index is 10.9. The van der Waals surface area contributed by atoms with Gasteiger partial charge in [-0.25, -0.2) is 4.79 Å². The predicted molar refractivity (Wildman–Crippen MR) is 67.3 cm³/mol. The zero-order chi connectivity index (χ0) is 13.8. The van der Waals surface area contributed by atoms with E-state index >= 15 is 0 Å². The highest BCUT2D eigenvalue weighted by Gasteiger charge is 2.25. The van der Waals surface area contributed by atoms with Crippen LogP contribution >= 0.6 is 0 Å². The Kier molecular flexibility index (Phi) is 3.79. The van der Waals surface area contributed by atoms with E-state index in [9.17, 15) is 14.9 Å². The van der Waals surface area contributed by atoms with Crippen molar-refractivity contribution >= 4 is 17.6 Å². The first-order valence-electron chi connectivity index (χ1n) is 5.91. The summed E-state index contributed by atoms with van der Waals surface area (Å²) in [7, 11) is 0. The second-order valence-electron chi connectivity index (χ2n) is 4.31. The van der Waals surface area contributed by atoms with Gasteiger partial charge in [-0.2, -0.15) is 0 Å². The third kappa shape index (κ3) is 3.09. The summed E-state index contributed by atoms with van der Waals surface area (Å²) in [5.74, 6) is -0.160. The number of carboxylic acid groups (broad SMARTS) is 1. The van der Waals surface area contributed by atoms with Crippen molar-refractivity contribution in [2.24, 2.45) is 0 Å². The first-order chi connectivity index (χ1) is 9.08. The SMILES string of the molecule is O=C(O)NC1CCN(c2cccnc2[N+](=O)[O-])CC1. The minimum Gasteiger partial charge on any atom is -0.465 e. The molecule has 2 rings (SSSR count). The van der Waals surface area contributed by atoms with Gasteiger partial charge in [0.2, 0.25) is 0 Å². The van der Waals surface area contributed by atoms with E-state index in [-0.39, 0.29) is 11.9 Å². The molecule has 19 heavy (non-hydrogen) atoms. The van der Waals surface area contributed by atoms with E-state index in [2.05, 4.69) is 10.3 Å². The molecule has 1 aromatic heterocycles. The molecule has 0 radical (unpaired) electrons. The van der Waals surface area contributed by atoms with Crippen LogP contribution in [0, 0.1) is 10.1 Å². The Bertz CT molecular complexity index is 485. The topological polar surface area (TPSA) is 109 Å². The molecular formula is C11H14N4O4. The van der Waals surface area contributed by atoms with Crippen molar-refractivity contribution in [1.82, 2.24) is 10.3 Å². The lowest BCUT2D eigenvalue weighted by molar-refractivity contribution is -0.388. The lowest BCUT2D eigenvalue weighted by atomic mass is 10.0. The van der Waals surface area contributed by atoms with Crippen molar-refractivity contribution in [2.45, 2.75) is 18.9 Å². The number of hydrogen-bond acceptors (Lipinski definition) is 5. The van der Waals surface area contributed by atoms with Crippen LogP contribution in [-0.4, -0.2) is 40.2 Å². The molecule has 1 aliphatic rings. The molecule has 2 N–H and O–H groups in total. The lowest BCUT2D eigenvalue weighted by Crippen LogP contribution is -2.44. The van der Waals surface area contributed by atoms with Crippen LogP contribution in [0.15, 0.2) is 18.3 Å². The van der Waals surface area contributed by atoms with Crippen molar-refractivity contribution in [3.8, 4) is 0 Å². The third-order valence-electron chi connectivity index (χ3n) is 3.10. The van der Waals surface area contributed by atoms with Gasteiger partial charge in [-0.1, -0.05) is 0 Å². The van der Waals surface area contributed by atoms with Gasteiger partial charge in [0.1, 0.15) is 11.9 Å². The summed E-state index contributed by atoms with van der Waals surface area (Å²) in [5.41, 5.74) is 0.487. The van der Waals surface area contributed by atoms with Crippen molar-refractivity contribution < 1.29 is 14.8 Å². The number of nitrogens with one attached hydrogen (secondary N) is 1. The summed E-state index contributed by atoms with van der Waals surface area (Å²) in [5, 5.41) is 22.0. The number of anilines is 1. The van der Waals surface area contributed by atoms with Gasteiger partial charge in [-0.15, -0.1) is 0 Å². The van der Waals surface area contributed by atoms with Crippen LogP contribution in [0.1, 0.15) is 12.8 Å². The Balaban J connectivity index is 2.05. The van der Waals surface area contributed by atoms with Crippen molar-refractivity contribution in [3.63, 3.8) is 0 Å². The number of carbonyl (C=O) groups is 1. The van der Waals surface area contributed by atoms with Gasteiger partial charge < -0.3 is 25.4 Å². The molecule has 0 saturated carbocycles. The molecule has 1 saturated heterocycles. The first-order valence-corrected chi connectivity index (χ1v) is 5.91. The minimum atomic E-state index is -1.04. The standard InChI is InChI=1S/C11H14N4O4/c16-11(17)13-8-3-6-14(7-4-8)9-2-1-5-12-10(9)15(18)19/h1-2,5,8,13H,3-4,6-7H2,(H,16,17). The van der Waals surface area contributed by atoms with E-state index in [1.165, 1.54) is 6.20 Å². The van der Waals surface area contributed by atoms with E-state index in [0.29, 0.717) is 31.6 Å². The van der Waals surface area contributed by atoms with E-state index < -0.39 is 11.0 Å². The van der Waals surface area contributed by atoms with E-state index in [4.69, 9.17) is 5.11 Å². The highest BCUT2D eigenvalue weighted by Crippen LogP contribution is 2.27. The monoisotopic (exact) mass is 266 g/mol. The van der Waals surface area contributed by atoms with Crippen molar-refractivity contribution in [1.29, 1.82) is 0 Å². The van der Waals surface area contributed by atoms with Crippen LogP contribution in [0.3, 0.4) is 0 Å². The molecule has 8 heteroatoms. The van der Waals surface area contributed by atoms with Crippen molar-refractivity contribution in [3.05, 3.63) is 28.4 Å². The summed E-state index contributed by atoms with van der Waals surface area (Å²) in [4.78, 5) is 26.6. The lowest BCUT2D eigenvalue weighted by Gasteiger charge is -2.32. The summed E-state index contributed by atoms with van der Waals surface area (Å²) in [6, 6.07) is 3.23. The van der Waals surface area contributed by atoms with Gasteiger partial charge in [0, 0.05) is 19.1 Å². The number of aromatic nitrogens is 1. The second kappa shape index (κ2) is 5.51. The van der Waals surface area contributed by atoms with Crippen LogP contribution in [-0.2, 0) is 0 Å². The van der Waals surface area contributed by atoms with Gasteiger partial charge in [-0.05, 0) is 34.9 Å². The highest BCUT2D eigenvalue weighted by molar-refractivity contribution is 5.65. The molecule has 1 fully saturated rings. The number of amides is 1. The smallest absolute Gasteiger partial charge is 0.404 e. The molecule has 0 bridgehead atoms. The zero-order valence-electron chi connectivity index (χ0n) is 10.2. The molecule has 8 nitrogen and oxygen atoms in total. The largest absolute Gasteiger partial charge is 0.465 e. The average Bonchev–Trinajstić information content (AvgIpc) is 2.39. The molecular weight excluding hydrogens is 252 g/mol. The Morgan fingerprint density at radius 2 is 2.21 bits per heavy atom. The fourth-order valence-corrected chi connectivity index (χ4v) is 2.22. The highest BCUT2D eigenvalue weighted by atomic mass is 16.6. The third-order valence-corrected chi connectivity index (χ3v) is 3.10. The number of piperidine rings is 1. The van der Waals surface area contributed by atoms with Crippen LogP contribution in [0.2, 0.25) is 0 Å². The molecule has 1 aromatic rings. The summed E-state index contributed by atoms with van der Waals surface area (Å²) < 4.78 is 0. The second-order valence-corrected chi connectivity index (χ2v) is 4.31. The molecule has 0 spiro atoms. The number of nitro groups is 1. The van der Waals surface area contributed by atoms with E-state index in [1.54, 1.807) is 12.1 Å². The number of pyridine rings is 1. The fourth-order valence-electron chi connectivity index (χ4n) is 2.22. The maximum Gasteiger partial charge on any atom is 0.404 e. The molecule has 1 aliphatic heterocycles. The summed E-state index contributed by atoms with van der Waals surface area (Å²) in [6.45, 7) is 1.13. The van der Waals surface area contributed by atoms with Crippen LogP contribution in [0.5, 0.6) is 0 Å². The fraction of sp³-hybridized carbons (Fsp3) is 0.455. The average molecular weight is 266 g/mol. The normalized spacial score (nSPS) is 16.1. The maximum absolute atomic E-state index is 10.9. The van der Waals surface area contributed by atoms with Gasteiger partial charge in [0.25, 0.3) is 0 Å². The molecule has 0 atom stereocenters. The zero-order valence-corrected chi connectivity index (χ0v) is 10.2. The molecule has 0 aliphatic carbocycles. The molecule has 1 amide bonds. The summed E-state index contributed by atoms with van der Waals surface area (Å²) in [6.07, 6.45) is 1.60. The Morgan fingerprint density at radius 1 is 1.53 bits per heavy atom. The Hall–Kier alpha value is -2.38. The predicted octanol–water partition coefficient (Wildman–Crippen LogP) is 1.23. The first kappa shape index (κ1) is 13.1. The Morgan fingerprint density at radius 3 is 2.79 bits per heavy atom. The Labute approximate surface area is 109 Å². The molecule has 0 aromatic carbocycles.